The molecule has 0 aliphatic rings. The molecule has 1 rings (SSSR count). The van der Waals surface area contributed by atoms with E-state index in [1.54, 1.807) is 7.11 Å². The smallest absolute Gasteiger partial charge is 0.228 e. The fourth-order valence-corrected chi connectivity index (χ4v) is 0.872. The first kappa shape index (κ1) is 10.1. The maximum Gasteiger partial charge on any atom is 0.228 e. The number of hydrogen-bond donors (Lipinski definition) is 1. The van der Waals surface area contributed by atoms with Crippen molar-refractivity contribution in [3.8, 4) is 0 Å². The molecule has 0 fully saturated rings. The van der Waals surface area contributed by atoms with Gasteiger partial charge >= 0.3 is 0 Å². The molecule has 1 atom stereocenters. The van der Waals surface area contributed by atoms with Crippen molar-refractivity contribution in [3.05, 3.63) is 11.7 Å². The predicted octanol–water partition coefficient (Wildman–Crippen LogP) is 0.539. The minimum Gasteiger partial charge on any atom is -0.374 e. The van der Waals surface area contributed by atoms with Crippen molar-refractivity contribution in [1.29, 1.82) is 0 Å². The second kappa shape index (κ2) is 4.94. The number of methoxy groups -OCH3 is 1. The summed E-state index contributed by atoms with van der Waals surface area (Å²) in [7, 11) is 3.50. The molecule has 0 saturated carbocycles. The Balaban J connectivity index is 2.53. The fraction of sp³-hybridized carbons (Fsp3) is 0.750. The Hall–Kier alpha value is -0.940. The summed E-state index contributed by atoms with van der Waals surface area (Å²) >= 11 is 0. The lowest BCUT2D eigenvalue weighted by atomic mass is 10.4. The first-order valence-corrected chi connectivity index (χ1v) is 4.27. The summed E-state index contributed by atoms with van der Waals surface area (Å²) in [6, 6.07) is 0. The van der Waals surface area contributed by atoms with Gasteiger partial charge in [0.2, 0.25) is 5.89 Å². The average molecular weight is 185 g/mol. The van der Waals surface area contributed by atoms with Crippen LogP contribution >= 0.6 is 0 Å². The second-order valence-corrected chi connectivity index (χ2v) is 2.78. The van der Waals surface area contributed by atoms with Gasteiger partial charge in [0, 0.05) is 20.1 Å². The lowest BCUT2D eigenvalue weighted by Crippen LogP contribution is -2.10. The van der Waals surface area contributed by atoms with Gasteiger partial charge in [0.1, 0.15) is 6.10 Å². The molecular formula is C8H15N3O2. The largest absolute Gasteiger partial charge is 0.374 e. The van der Waals surface area contributed by atoms with E-state index in [0.29, 0.717) is 11.7 Å². The number of likely N-dealkylation sites (N-methyl/N-ethyl adjacent to an activating group) is 1. The van der Waals surface area contributed by atoms with Crippen LogP contribution < -0.4 is 5.32 Å². The second-order valence-electron chi connectivity index (χ2n) is 2.78. The van der Waals surface area contributed by atoms with E-state index in [-0.39, 0.29) is 6.10 Å². The monoisotopic (exact) mass is 185 g/mol. The van der Waals surface area contributed by atoms with Gasteiger partial charge in [-0.25, -0.2) is 0 Å². The van der Waals surface area contributed by atoms with Crippen molar-refractivity contribution < 1.29 is 9.26 Å². The van der Waals surface area contributed by atoms with Crippen LogP contribution in [0.4, 0.5) is 0 Å². The molecule has 1 unspecified atom stereocenters. The Morgan fingerprint density at radius 2 is 2.38 bits per heavy atom. The van der Waals surface area contributed by atoms with Crippen molar-refractivity contribution in [2.75, 3.05) is 20.7 Å². The Morgan fingerprint density at radius 1 is 1.62 bits per heavy atom. The molecule has 5 nitrogen and oxygen atoms in total. The molecule has 74 valence electrons. The van der Waals surface area contributed by atoms with Crippen molar-refractivity contribution >= 4 is 0 Å². The summed E-state index contributed by atoms with van der Waals surface area (Å²) in [5.41, 5.74) is 0. The number of nitrogens with zero attached hydrogens (tertiary/aromatic N) is 2. The van der Waals surface area contributed by atoms with Gasteiger partial charge in [0.05, 0.1) is 0 Å². The molecule has 0 amide bonds. The number of aromatic nitrogens is 2. The molecule has 0 saturated heterocycles. The predicted molar refractivity (Wildman–Crippen MR) is 47.4 cm³/mol. The number of rotatable bonds is 5. The maximum atomic E-state index is 5.05. The van der Waals surface area contributed by atoms with Crippen molar-refractivity contribution in [2.24, 2.45) is 0 Å². The highest BCUT2D eigenvalue weighted by molar-refractivity contribution is 4.89. The number of hydrogen-bond acceptors (Lipinski definition) is 5. The van der Waals surface area contributed by atoms with Crippen LogP contribution in [0.15, 0.2) is 4.52 Å². The molecule has 0 aromatic carbocycles. The normalized spacial score (nSPS) is 13.2. The third kappa shape index (κ3) is 2.78. The van der Waals surface area contributed by atoms with E-state index in [1.807, 2.05) is 14.0 Å². The highest BCUT2D eigenvalue weighted by Crippen LogP contribution is 2.11. The Bertz CT molecular complexity index is 249. The van der Waals surface area contributed by atoms with Gasteiger partial charge in [0.15, 0.2) is 5.82 Å². The van der Waals surface area contributed by atoms with Gasteiger partial charge in [-0.3, -0.25) is 0 Å². The third-order valence-electron chi connectivity index (χ3n) is 1.79. The zero-order valence-corrected chi connectivity index (χ0v) is 8.20. The van der Waals surface area contributed by atoms with Crippen molar-refractivity contribution in [2.45, 2.75) is 19.4 Å². The van der Waals surface area contributed by atoms with Gasteiger partial charge < -0.3 is 14.6 Å². The van der Waals surface area contributed by atoms with Crippen LogP contribution in [0.2, 0.25) is 0 Å². The van der Waals surface area contributed by atoms with Crippen LogP contribution in [0.5, 0.6) is 0 Å². The Labute approximate surface area is 77.5 Å². The van der Waals surface area contributed by atoms with Crippen LogP contribution in [0.25, 0.3) is 0 Å². The molecule has 1 aromatic heterocycles. The highest BCUT2D eigenvalue weighted by Gasteiger charge is 2.11. The van der Waals surface area contributed by atoms with Crippen LogP contribution in [0, 0.1) is 0 Å². The van der Waals surface area contributed by atoms with Crippen molar-refractivity contribution in [1.82, 2.24) is 15.5 Å². The van der Waals surface area contributed by atoms with Crippen LogP contribution in [-0.2, 0) is 11.2 Å². The van der Waals surface area contributed by atoms with Gasteiger partial charge in [-0.15, -0.1) is 0 Å². The third-order valence-corrected chi connectivity index (χ3v) is 1.79. The van der Waals surface area contributed by atoms with E-state index < -0.39 is 0 Å². The van der Waals surface area contributed by atoms with Crippen molar-refractivity contribution in [3.63, 3.8) is 0 Å². The van der Waals surface area contributed by atoms with Gasteiger partial charge in [-0.2, -0.15) is 4.98 Å². The zero-order valence-electron chi connectivity index (χ0n) is 8.20. The first-order valence-electron chi connectivity index (χ1n) is 4.27. The van der Waals surface area contributed by atoms with Crippen LogP contribution in [0.1, 0.15) is 24.7 Å². The molecule has 0 aliphatic carbocycles. The minimum absolute atomic E-state index is 0.105. The summed E-state index contributed by atoms with van der Waals surface area (Å²) in [5.74, 6) is 1.25. The van der Waals surface area contributed by atoms with E-state index >= 15 is 0 Å². The zero-order chi connectivity index (χ0) is 9.68. The molecule has 0 aliphatic heterocycles. The van der Waals surface area contributed by atoms with E-state index in [4.69, 9.17) is 9.26 Å². The summed E-state index contributed by atoms with van der Waals surface area (Å²) in [6.45, 7) is 2.72. The molecule has 13 heavy (non-hydrogen) atoms. The highest BCUT2D eigenvalue weighted by atomic mass is 16.5. The molecule has 5 heteroatoms. The quantitative estimate of drug-likeness (QED) is 0.725. The molecule has 0 spiro atoms. The maximum absolute atomic E-state index is 5.05. The van der Waals surface area contributed by atoms with E-state index in [9.17, 15) is 0 Å². The summed E-state index contributed by atoms with van der Waals surface area (Å²) in [4.78, 5) is 4.18. The molecule has 0 bridgehead atoms. The standard InChI is InChI=1S/C8H15N3O2/c1-6(12-3)8-10-7(13-11-8)4-5-9-2/h6,9H,4-5H2,1-3H3. The fourth-order valence-electron chi connectivity index (χ4n) is 0.872. The molecule has 0 radical (unpaired) electrons. The Kier molecular flexibility index (Phi) is 3.85. The summed E-state index contributed by atoms with van der Waals surface area (Å²) in [6.07, 6.45) is 0.645. The summed E-state index contributed by atoms with van der Waals surface area (Å²) < 4.78 is 10.1. The lowest BCUT2D eigenvalue weighted by Gasteiger charge is -2.00. The van der Waals surface area contributed by atoms with Gasteiger partial charge in [0.25, 0.3) is 0 Å². The molecular weight excluding hydrogens is 170 g/mol. The Morgan fingerprint density at radius 3 is 3.00 bits per heavy atom. The molecule has 1 aromatic rings. The van der Waals surface area contributed by atoms with Gasteiger partial charge in [-0.1, -0.05) is 5.16 Å². The molecule has 1 N–H and O–H groups in total. The summed E-state index contributed by atoms with van der Waals surface area (Å²) in [5, 5.41) is 6.81. The van der Waals surface area contributed by atoms with Crippen LogP contribution in [0.3, 0.4) is 0 Å². The molecule has 1 heterocycles. The van der Waals surface area contributed by atoms with E-state index in [0.717, 1.165) is 13.0 Å². The minimum atomic E-state index is -0.105. The number of ether oxygens (including phenoxy) is 1. The lowest BCUT2D eigenvalue weighted by molar-refractivity contribution is 0.109. The van der Waals surface area contributed by atoms with E-state index in [1.165, 1.54) is 0 Å². The van der Waals surface area contributed by atoms with E-state index in [2.05, 4.69) is 15.5 Å². The SMILES string of the molecule is CNCCc1nc(C(C)OC)no1. The van der Waals surface area contributed by atoms with Crippen LogP contribution in [-0.4, -0.2) is 30.8 Å². The topological polar surface area (TPSA) is 60.2 Å². The van der Waals surface area contributed by atoms with Gasteiger partial charge in [-0.05, 0) is 14.0 Å². The average Bonchev–Trinajstić information content (AvgIpc) is 2.62. The first-order chi connectivity index (χ1) is 6.27. The number of nitrogens with one attached hydrogen (secondary N) is 1.